The second kappa shape index (κ2) is 6.13. The van der Waals surface area contributed by atoms with Crippen LogP contribution in [0, 0.1) is 0 Å². The summed E-state index contributed by atoms with van der Waals surface area (Å²) in [5.74, 6) is 1.61. The van der Waals surface area contributed by atoms with Gasteiger partial charge in [0.15, 0.2) is 11.6 Å². The van der Waals surface area contributed by atoms with Crippen LogP contribution >= 0.6 is 0 Å². The van der Waals surface area contributed by atoms with Crippen molar-refractivity contribution in [2.75, 3.05) is 0 Å². The zero-order chi connectivity index (χ0) is 17.2. The maximum atomic E-state index is 9.60. The van der Waals surface area contributed by atoms with Crippen molar-refractivity contribution >= 4 is 0 Å². The predicted octanol–water partition coefficient (Wildman–Crippen LogP) is 4.22. The lowest BCUT2D eigenvalue weighted by Gasteiger charge is -2.03. The normalized spacial score (nSPS) is 10.7. The van der Waals surface area contributed by atoms with Gasteiger partial charge in [-0.2, -0.15) is 5.10 Å². The Labute approximate surface area is 144 Å². The van der Waals surface area contributed by atoms with Crippen molar-refractivity contribution in [2.24, 2.45) is 0 Å². The number of nitrogens with zero attached hydrogens (tertiary/aromatic N) is 2. The van der Waals surface area contributed by atoms with Crippen LogP contribution in [0.15, 0.2) is 72.8 Å². The topological polar surface area (TPSA) is 82.0 Å². The average Bonchev–Trinajstić information content (AvgIpc) is 3.12. The SMILES string of the molecule is Oc1cccc(-c2ccc(-c3nc(-c4cccc(O)c4)n[nH]3)cc2)c1. The van der Waals surface area contributed by atoms with Crippen LogP contribution in [0.4, 0.5) is 0 Å². The lowest BCUT2D eigenvalue weighted by molar-refractivity contribution is 0.475. The van der Waals surface area contributed by atoms with Crippen LogP contribution < -0.4 is 0 Å². The summed E-state index contributed by atoms with van der Waals surface area (Å²) in [7, 11) is 0. The lowest BCUT2D eigenvalue weighted by atomic mass is 10.0. The fraction of sp³-hybridized carbons (Fsp3) is 0. The van der Waals surface area contributed by atoms with Gasteiger partial charge in [0.25, 0.3) is 0 Å². The third kappa shape index (κ3) is 3.07. The Kier molecular flexibility index (Phi) is 3.67. The van der Waals surface area contributed by atoms with Gasteiger partial charge in [0, 0.05) is 11.1 Å². The highest BCUT2D eigenvalue weighted by Crippen LogP contribution is 2.27. The van der Waals surface area contributed by atoms with Crippen LogP contribution in [0.3, 0.4) is 0 Å². The van der Waals surface area contributed by atoms with Crippen molar-refractivity contribution in [1.29, 1.82) is 0 Å². The molecule has 0 aliphatic heterocycles. The molecular formula is C20H15N3O2. The smallest absolute Gasteiger partial charge is 0.181 e. The molecule has 0 bridgehead atoms. The number of H-pyrrole nitrogens is 1. The van der Waals surface area contributed by atoms with Crippen LogP contribution in [0.2, 0.25) is 0 Å². The van der Waals surface area contributed by atoms with Crippen LogP contribution in [0.25, 0.3) is 33.9 Å². The number of hydrogen-bond acceptors (Lipinski definition) is 4. The molecule has 0 unspecified atom stereocenters. The maximum absolute atomic E-state index is 9.60. The van der Waals surface area contributed by atoms with E-state index in [-0.39, 0.29) is 11.5 Å². The highest BCUT2D eigenvalue weighted by molar-refractivity contribution is 5.69. The number of nitrogens with one attached hydrogen (secondary N) is 1. The van der Waals surface area contributed by atoms with Gasteiger partial charge in [-0.3, -0.25) is 5.10 Å². The van der Waals surface area contributed by atoms with Crippen LogP contribution in [0.5, 0.6) is 11.5 Å². The van der Waals surface area contributed by atoms with Crippen LogP contribution in [0.1, 0.15) is 0 Å². The van der Waals surface area contributed by atoms with Gasteiger partial charge in [0.2, 0.25) is 0 Å². The molecule has 1 heterocycles. The summed E-state index contributed by atoms with van der Waals surface area (Å²) in [5, 5.41) is 26.3. The molecule has 0 aliphatic rings. The Morgan fingerprint density at radius 3 is 1.92 bits per heavy atom. The molecule has 0 atom stereocenters. The number of phenols is 2. The van der Waals surface area contributed by atoms with Crippen molar-refractivity contribution in [3.05, 3.63) is 72.8 Å². The van der Waals surface area contributed by atoms with E-state index >= 15 is 0 Å². The van der Waals surface area contributed by atoms with Gasteiger partial charge < -0.3 is 10.2 Å². The number of aromatic amines is 1. The van der Waals surface area contributed by atoms with Crippen molar-refractivity contribution in [3.63, 3.8) is 0 Å². The standard InChI is InChI=1S/C20H15N3O2/c24-17-5-1-3-15(11-17)13-7-9-14(10-8-13)19-21-20(23-22-19)16-4-2-6-18(25)12-16/h1-12,24-25H,(H,21,22,23). The zero-order valence-electron chi connectivity index (χ0n) is 13.2. The number of hydrogen-bond donors (Lipinski definition) is 3. The molecule has 0 saturated heterocycles. The fourth-order valence-electron chi connectivity index (χ4n) is 2.67. The highest BCUT2D eigenvalue weighted by Gasteiger charge is 2.09. The quantitative estimate of drug-likeness (QED) is 0.526. The van der Waals surface area contributed by atoms with Gasteiger partial charge in [-0.1, -0.05) is 48.5 Å². The number of aromatic hydroxyl groups is 2. The fourth-order valence-corrected chi connectivity index (χ4v) is 2.67. The molecule has 25 heavy (non-hydrogen) atoms. The van der Waals surface area contributed by atoms with Gasteiger partial charge in [0.1, 0.15) is 11.5 Å². The van der Waals surface area contributed by atoms with E-state index in [9.17, 15) is 10.2 Å². The number of phenolic OH excluding ortho intramolecular Hbond substituents is 2. The molecule has 0 saturated carbocycles. The Balaban J connectivity index is 1.63. The minimum atomic E-state index is 0.180. The Hall–Kier alpha value is -3.60. The first-order valence-corrected chi connectivity index (χ1v) is 7.81. The first kappa shape index (κ1) is 15.0. The monoisotopic (exact) mass is 329 g/mol. The molecule has 4 rings (SSSR count). The van der Waals surface area contributed by atoms with E-state index in [2.05, 4.69) is 15.2 Å². The molecule has 5 nitrogen and oxygen atoms in total. The van der Waals surface area contributed by atoms with Gasteiger partial charge in [-0.05, 0) is 35.4 Å². The summed E-state index contributed by atoms with van der Waals surface area (Å²) in [6.07, 6.45) is 0. The summed E-state index contributed by atoms with van der Waals surface area (Å²) in [5.41, 5.74) is 3.61. The van der Waals surface area contributed by atoms with E-state index in [1.807, 2.05) is 42.5 Å². The molecule has 4 aromatic rings. The molecule has 5 heteroatoms. The van der Waals surface area contributed by atoms with Crippen LogP contribution in [-0.2, 0) is 0 Å². The third-order valence-corrected chi connectivity index (χ3v) is 3.93. The number of rotatable bonds is 3. The van der Waals surface area contributed by atoms with Crippen molar-refractivity contribution in [3.8, 4) is 45.4 Å². The molecule has 0 amide bonds. The van der Waals surface area contributed by atoms with Crippen molar-refractivity contribution in [2.45, 2.75) is 0 Å². The second-order valence-corrected chi connectivity index (χ2v) is 5.69. The van der Waals surface area contributed by atoms with Gasteiger partial charge in [-0.15, -0.1) is 0 Å². The molecule has 0 spiro atoms. The van der Waals surface area contributed by atoms with E-state index in [4.69, 9.17) is 0 Å². The summed E-state index contributed by atoms with van der Waals surface area (Å²) in [6, 6.07) is 21.8. The minimum Gasteiger partial charge on any atom is -0.508 e. The average molecular weight is 329 g/mol. The predicted molar refractivity (Wildman–Crippen MR) is 96.0 cm³/mol. The van der Waals surface area contributed by atoms with E-state index in [1.165, 1.54) is 0 Å². The number of benzene rings is 3. The number of aromatic nitrogens is 3. The van der Waals surface area contributed by atoms with Gasteiger partial charge >= 0.3 is 0 Å². The van der Waals surface area contributed by atoms with E-state index < -0.39 is 0 Å². The third-order valence-electron chi connectivity index (χ3n) is 3.93. The summed E-state index contributed by atoms with van der Waals surface area (Å²) in [4.78, 5) is 4.49. The second-order valence-electron chi connectivity index (χ2n) is 5.69. The Morgan fingerprint density at radius 2 is 1.24 bits per heavy atom. The lowest BCUT2D eigenvalue weighted by Crippen LogP contribution is -1.83. The first-order chi connectivity index (χ1) is 12.2. The van der Waals surface area contributed by atoms with Gasteiger partial charge in [0.05, 0.1) is 0 Å². The van der Waals surface area contributed by atoms with Crippen molar-refractivity contribution in [1.82, 2.24) is 15.2 Å². The van der Waals surface area contributed by atoms with E-state index in [0.717, 1.165) is 22.3 Å². The van der Waals surface area contributed by atoms with Crippen molar-refractivity contribution < 1.29 is 10.2 Å². The first-order valence-electron chi connectivity index (χ1n) is 7.81. The highest BCUT2D eigenvalue weighted by atomic mass is 16.3. The Morgan fingerprint density at radius 1 is 0.640 bits per heavy atom. The van der Waals surface area contributed by atoms with Crippen LogP contribution in [-0.4, -0.2) is 25.4 Å². The molecule has 0 aliphatic carbocycles. The molecule has 0 fully saturated rings. The molecule has 3 N–H and O–H groups in total. The molecule has 1 aromatic heterocycles. The Bertz CT molecular complexity index is 1020. The summed E-state index contributed by atoms with van der Waals surface area (Å²) >= 11 is 0. The molecule has 3 aromatic carbocycles. The maximum Gasteiger partial charge on any atom is 0.181 e. The summed E-state index contributed by atoms with van der Waals surface area (Å²) < 4.78 is 0. The zero-order valence-corrected chi connectivity index (χ0v) is 13.2. The largest absolute Gasteiger partial charge is 0.508 e. The van der Waals surface area contributed by atoms with Gasteiger partial charge in [-0.25, -0.2) is 4.98 Å². The molecule has 122 valence electrons. The van der Waals surface area contributed by atoms with E-state index in [0.29, 0.717) is 11.6 Å². The minimum absolute atomic E-state index is 0.180. The molecule has 0 radical (unpaired) electrons. The summed E-state index contributed by atoms with van der Waals surface area (Å²) in [6.45, 7) is 0. The van der Waals surface area contributed by atoms with E-state index in [1.54, 1.807) is 30.3 Å². The molecular weight excluding hydrogens is 314 g/mol.